The van der Waals surface area contributed by atoms with Gasteiger partial charge in [-0.3, -0.25) is 0 Å². The summed E-state index contributed by atoms with van der Waals surface area (Å²) in [5.74, 6) is 2.54. The smallest absolute Gasteiger partial charge is 0.0434 e. The van der Waals surface area contributed by atoms with E-state index < -0.39 is 0 Å². The molecule has 0 radical (unpaired) electrons. The van der Waals surface area contributed by atoms with Gasteiger partial charge in [-0.05, 0) is 28.8 Å². The maximum atomic E-state index is 6.35. The zero-order valence-corrected chi connectivity index (χ0v) is 11.3. The van der Waals surface area contributed by atoms with E-state index in [0.29, 0.717) is 5.25 Å². The first-order chi connectivity index (χ1) is 7.33. The Bertz CT molecular complexity index is 286. The lowest BCUT2D eigenvalue weighted by Crippen LogP contribution is -2.35. The summed E-state index contributed by atoms with van der Waals surface area (Å²) in [5.41, 5.74) is 7.67. The van der Waals surface area contributed by atoms with Crippen molar-refractivity contribution in [2.75, 3.05) is 11.5 Å². The van der Waals surface area contributed by atoms with Gasteiger partial charge in [-0.1, -0.05) is 6.92 Å². The minimum Gasteiger partial charge on any atom is -0.323 e. The van der Waals surface area contributed by atoms with Gasteiger partial charge in [0.15, 0.2) is 0 Å². The molecule has 0 saturated carbocycles. The summed E-state index contributed by atoms with van der Waals surface area (Å²) >= 11 is 5.91. The van der Waals surface area contributed by atoms with Crippen LogP contribution in [0.15, 0.2) is 16.8 Å². The third-order valence-corrected chi connectivity index (χ3v) is 6.85. The number of rotatable bonds is 3. The van der Waals surface area contributed by atoms with Crippen molar-refractivity contribution in [2.24, 2.45) is 5.73 Å². The first-order valence-corrected chi connectivity index (χ1v) is 8.38. The van der Waals surface area contributed by atoms with Crippen molar-refractivity contribution in [3.05, 3.63) is 22.4 Å². The molecule has 1 aromatic heterocycles. The quantitative estimate of drug-likeness (QED) is 0.901. The Morgan fingerprint density at radius 1 is 1.47 bits per heavy atom. The Balaban J connectivity index is 2.07. The summed E-state index contributed by atoms with van der Waals surface area (Å²) < 4.78 is 0. The van der Waals surface area contributed by atoms with Crippen LogP contribution in [-0.2, 0) is 0 Å². The molecule has 0 amide bonds. The standard InChI is InChI=1S/C11H17NS3/c1-2-9-11(15-6-5-14-9)10(12)8-3-4-13-7-8/h3-4,7,9-11H,2,5-6,12H2,1H3. The highest BCUT2D eigenvalue weighted by Crippen LogP contribution is 2.39. The van der Waals surface area contributed by atoms with Crippen molar-refractivity contribution < 1.29 is 0 Å². The third kappa shape index (κ3) is 2.73. The first kappa shape index (κ1) is 11.8. The van der Waals surface area contributed by atoms with Crippen LogP contribution in [0.2, 0.25) is 0 Å². The van der Waals surface area contributed by atoms with Crippen molar-refractivity contribution >= 4 is 34.9 Å². The fourth-order valence-electron chi connectivity index (χ4n) is 1.93. The van der Waals surface area contributed by atoms with E-state index in [1.165, 1.54) is 23.5 Å². The van der Waals surface area contributed by atoms with E-state index in [4.69, 9.17) is 5.73 Å². The fraction of sp³-hybridized carbons (Fsp3) is 0.636. The number of hydrogen-bond acceptors (Lipinski definition) is 4. The fourth-order valence-corrected chi connectivity index (χ4v) is 5.81. The Morgan fingerprint density at radius 3 is 2.93 bits per heavy atom. The molecule has 3 atom stereocenters. The Labute approximate surface area is 104 Å². The highest BCUT2D eigenvalue weighted by Gasteiger charge is 2.30. The molecule has 1 aliphatic rings. The maximum Gasteiger partial charge on any atom is 0.0434 e. The molecule has 1 saturated heterocycles. The van der Waals surface area contributed by atoms with Gasteiger partial charge in [0.25, 0.3) is 0 Å². The Hall–Kier alpha value is 0.360. The molecule has 1 fully saturated rings. The zero-order chi connectivity index (χ0) is 10.7. The summed E-state index contributed by atoms with van der Waals surface area (Å²) in [6, 6.07) is 2.39. The molecule has 2 rings (SSSR count). The van der Waals surface area contributed by atoms with Crippen LogP contribution in [-0.4, -0.2) is 22.0 Å². The second-order valence-corrected chi connectivity index (χ2v) is 7.15. The average molecular weight is 259 g/mol. The normalized spacial score (nSPS) is 28.9. The lowest BCUT2D eigenvalue weighted by Gasteiger charge is -2.33. The third-order valence-electron chi connectivity index (χ3n) is 2.78. The Kier molecular flexibility index (Phi) is 4.43. The van der Waals surface area contributed by atoms with Gasteiger partial charge in [-0.2, -0.15) is 34.9 Å². The van der Waals surface area contributed by atoms with Crippen LogP contribution in [0, 0.1) is 0 Å². The van der Waals surface area contributed by atoms with E-state index in [-0.39, 0.29) is 6.04 Å². The van der Waals surface area contributed by atoms with E-state index in [1.54, 1.807) is 11.3 Å². The first-order valence-electron chi connectivity index (χ1n) is 5.33. The van der Waals surface area contributed by atoms with Crippen LogP contribution < -0.4 is 5.73 Å². The predicted molar refractivity (Wildman–Crippen MR) is 74.0 cm³/mol. The molecule has 0 spiro atoms. The molecule has 0 aliphatic carbocycles. The minimum absolute atomic E-state index is 0.221. The highest BCUT2D eigenvalue weighted by atomic mass is 32.2. The number of thioether (sulfide) groups is 2. The maximum absolute atomic E-state index is 6.35. The van der Waals surface area contributed by atoms with Crippen LogP contribution in [0.5, 0.6) is 0 Å². The van der Waals surface area contributed by atoms with Gasteiger partial charge >= 0.3 is 0 Å². The molecule has 3 unspecified atom stereocenters. The van der Waals surface area contributed by atoms with Gasteiger partial charge in [0.05, 0.1) is 0 Å². The minimum atomic E-state index is 0.221. The molecule has 1 aromatic rings. The molecular weight excluding hydrogens is 242 g/mol. The van der Waals surface area contributed by atoms with Crippen molar-refractivity contribution in [3.63, 3.8) is 0 Å². The second kappa shape index (κ2) is 5.62. The lowest BCUT2D eigenvalue weighted by molar-refractivity contribution is 0.632. The van der Waals surface area contributed by atoms with E-state index in [1.807, 2.05) is 0 Å². The van der Waals surface area contributed by atoms with E-state index in [0.717, 1.165) is 5.25 Å². The van der Waals surface area contributed by atoms with Gasteiger partial charge in [0.1, 0.15) is 0 Å². The molecule has 84 valence electrons. The van der Waals surface area contributed by atoms with E-state index in [2.05, 4.69) is 47.3 Å². The molecule has 15 heavy (non-hydrogen) atoms. The topological polar surface area (TPSA) is 26.0 Å². The SMILES string of the molecule is CCC1SCCSC1C(N)c1ccsc1. The average Bonchev–Trinajstić information content (AvgIpc) is 2.81. The van der Waals surface area contributed by atoms with Gasteiger partial charge in [0.2, 0.25) is 0 Å². The molecular formula is C11H17NS3. The van der Waals surface area contributed by atoms with Crippen molar-refractivity contribution in [2.45, 2.75) is 29.9 Å². The van der Waals surface area contributed by atoms with Crippen LogP contribution >= 0.6 is 34.9 Å². The van der Waals surface area contributed by atoms with Crippen LogP contribution in [0.3, 0.4) is 0 Å². The number of hydrogen-bond donors (Lipinski definition) is 1. The number of thiophene rings is 1. The van der Waals surface area contributed by atoms with Crippen molar-refractivity contribution in [1.29, 1.82) is 0 Å². The molecule has 4 heteroatoms. The summed E-state index contributed by atoms with van der Waals surface area (Å²) in [5, 5.41) is 5.65. The lowest BCUT2D eigenvalue weighted by atomic mass is 10.0. The summed E-state index contributed by atoms with van der Waals surface area (Å²) in [6.45, 7) is 2.27. The van der Waals surface area contributed by atoms with Crippen LogP contribution in [0.1, 0.15) is 24.9 Å². The van der Waals surface area contributed by atoms with Gasteiger partial charge in [-0.15, -0.1) is 0 Å². The van der Waals surface area contributed by atoms with Crippen molar-refractivity contribution in [1.82, 2.24) is 0 Å². The highest BCUT2D eigenvalue weighted by molar-refractivity contribution is 8.07. The molecule has 1 nitrogen and oxygen atoms in total. The second-order valence-electron chi connectivity index (χ2n) is 3.74. The van der Waals surface area contributed by atoms with Crippen LogP contribution in [0.4, 0.5) is 0 Å². The van der Waals surface area contributed by atoms with E-state index >= 15 is 0 Å². The molecule has 2 heterocycles. The largest absolute Gasteiger partial charge is 0.323 e. The number of nitrogens with two attached hydrogens (primary N) is 1. The Morgan fingerprint density at radius 2 is 2.27 bits per heavy atom. The summed E-state index contributed by atoms with van der Waals surface area (Å²) in [4.78, 5) is 0. The summed E-state index contributed by atoms with van der Waals surface area (Å²) in [7, 11) is 0. The van der Waals surface area contributed by atoms with Gasteiger partial charge in [0, 0.05) is 28.0 Å². The molecule has 0 aromatic carbocycles. The predicted octanol–water partition coefficient (Wildman–Crippen LogP) is 3.38. The monoisotopic (exact) mass is 259 g/mol. The summed E-state index contributed by atoms with van der Waals surface area (Å²) in [6.07, 6.45) is 1.24. The van der Waals surface area contributed by atoms with E-state index in [9.17, 15) is 0 Å². The molecule has 1 aliphatic heterocycles. The van der Waals surface area contributed by atoms with Gasteiger partial charge < -0.3 is 5.73 Å². The van der Waals surface area contributed by atoms with Crippen molar-refractivity contribution in [3.8, 4) is 0 Å². The molecule has 0 bridgehead atoms. The zero-order valence-electron chi connectivity index (χ0n) is 8.89. The molecule has 2 N–H and O–H groups in total. The van der Waals surface area contributed by atoms with Gasteiger partial charge in [-0.25, -0.2) is 0 Å². The van der Waals surface area contributed by atoms with Crippen LogP contribution in [0.25, 0.3) is 0 Å².